The number of aliphatic carboxylic acids is 1. The number of thiophene rings is 1. The Morgan fingerprint density at radius 2 is 1.69 bits per heavy atom. The highest BCUT2D eigenvalue weighted by Gasteiger charge is 2.30. The smallest absolute Gasteiger partial charge is 0.322 e. The number of H-pyrrole nitrogens is 1. The van der Waals surface area contributed by atoms with Gasteiger partial charge in [0.1, 0.15) is 10.3 Å². The lowest BCUT2D eigenvalue weighted by atomic mass is 10.0. The van der Waals surface area contributed by atoms with E-state index in [1.807, 2.05) is 10.8 Å². The van der Waals surface area contributed by atoms with E-state index < -0.39 is 62.6 Å². The SMILES string of the molecule is O=C(O)[C@@H](Cc1c[nH]c2c(F)c(F)c(F)c(F)c12)NS(=O)(=O)c1ccc(C#Cc2ccccc2)s1. The third-order valence-corrected chi connectivity index (χ3v) is 7.91. The number of carboxylic acid groups (broad SMARTS) is 1. The maximum Gasteiger partial charge on any atom is 0.322 e. The maximum atomic E-state index is 14.3. The molecule has 0 amide bonds. The predicted molar refractivity (Wildman–Crippen MR) is 120 cm³/mol. The maximum absolute atomic E-state index is 14.3. The molecule has 35 heavy (non-hydrogen) atoms. The highest BCUT2D eigenvalue weighted by atomic mass is 32.2. The number of benzene rings is 2. The Labute approximate surface area is 200 Å². The summed E-state index contributed by atoms with van der Waals surface area (Å²) in [6, 6.07) is 9.84. The topological polar surface area (TPSA) is 99.3 Å². The van der Waals surface area contributed by atoms with Gasteiger partial charge in [0.05, 0.1) is 10.4 Å². The molecule has 0 spiro atoms. The highest BCUT2D eigenvalue weighted by molar-refractivity contribution is 7.91. The van der Waals surface area contributed by atoms with E-state index in [1.54, 1.807) is 24.3 Å². The van der Waals surface area contributed by atoms with E-state index in [1.165, 1.54) is 12.1 Å². The first-order valence-electron chi connectivity index (χ1n) is 9.82. The lowest BCUT2D eigenvalue weighted by Gasteiger charge is -2.14. The van der Waals surface area contributed by atoms with E-state index in [4.69, 9.17) is 0 Å². The van der Waals surface area contributed by atoms with Crippen molar-refractivity contribution in [3.05, 3.63) is 87.9 Å². The van der Waals surface area contributed by atoms with Gasteiger partial charge in [0.25, 0.3) is 10.0 Å². The number of rotatable bonds is 6. The van der Waals surface area contributed by atoms with Crippen molar-refractivity contribution in [1.29, 1.82) is 0 Å². The van der Waals surface area contributed by atoms with Crippen LogP contribution in [0.1, 0.15) is 16.0 Å². The molecule has 2 aromatic heterocycles. The lowest BCUT2D eigenvalue weighted by Crippen LogP contribution is -2.42. The van der Waals surface area contributed by atoms with E-state index in [0.717, 1.165) is 17.5 Å². The van der Waals surface area contributed by atoms with Crippen molar-refractivity contribution in [2.45, 2.75) is 16.7 Å². The van der Waals surface area contributed by atoms with Gasteiger partial charge in [-0.2, -0.15) is 4.72 Å². The van der Waals surface area contributed by atoms with Gasteiger partial charge in [-0.3, -0.25) is 4.79 Å². The monoisotopic (exact) mass is 522 g/mol. The molecule has 6 nitrogen and oxygen atoms in total. The molecule has 4 rings (SSSR count). The van der Waals surface area contributed by atoms with Crippen molar-refractivity contribution in [2.24, 2.45) is 0 Å². The molecule has 0 bridgehead atoms. The van der Waals surface area contributed by atoms with Crippen molar-refractivity contribution >= 4 is 38.2 Å². The summed E-state index contributed by atoms with van der Waals surface area (Å²) in [5.74, 6) is -3.41. The average Bonchev–Trinajstić information content (AvgIpc) is 3.48. The number of nitrogens with one attached hydrogen (secondary N) is 2. The van der Waals surface area contributed by atoms with Gasteiger partial charge in [0.15, 0.2) is 23.3 Å². The van der Waals surface area contributed by atoms with Gasteiger partial charge in [-0.15, -0.1) is 11.3 Å². The predicted octanol–water partition coefficient (Wildman–Crippen LogP) is 4.16. The van der Waals surface area contributed by atoms with Crippen LogP contribution in [0, 0.1) is 35.1 Å². The minimum atomic E-state index is -4.35. The average molecular weight is 523 g/mol. The quantitative estimate of drug-likeness (QED) is 0.153. The van der Waals surface area contributed by atoms with Crippen LogP contribution in [0.25, 0.3) is 10.9 Å². The number of aromatic amines is 1. The van der Waals surface area contributed by atoms with Crippen molar-refractivity contribution < 1.29 is 35.9 Å². The highest BCUT2D eigenvalue weighted by Crippen LogP contribution is 2.30. The molecule has 4 aromatic rings. The summed E-state index contributed by atoms with van der Waals surface area (Å²) >= 11 is 0.807. The first kappa shape index (κ1) is 24.5. The molecule has 2 heterocycles. The third-order valence-electron chi connectivity index (χ3n) is 4.95. The van der Waals surface area contributed by atoms with Crippen molar-refractivity contribution in [1.82, 2.24) is 9.71 Å². The van der Waals surface area contributed by atoms with Gasteiger partial charge < -0.3 is 10.1 Å². The number of fused-ring (bicyclic) bond motifs is 1. The molecule has 0 unspecified atom stereocenters. The second-order valence-electron chi connectivity index (χ2n) is 7.27. The molecule has 2 aromatic carbocycles. The Kier molecular flexibility index (Phi) is 6.66. The van der Waals surface area contributed by atoms with Gasteiger partial charge in [0.2, 0.25) is 0 Å². The van der Waals surface area contributed by atoms with Gasteiger partial charge in [-0.05, 0) is 29.8 Å². The zero-order valence-corrected chi connectivity index (χ0v) is 19.0. The van der Waals surface area contributed by atoms with E-state index in [0.29, 0.717) is 10.4 Å². The van der Waals surface area contributed by atoms with Gasteiger partial charge in [-0.1, -0.05) is 30.0 Å². The molecule has 1 atom stereocenters. The number of carbonyl (C=O) groups is 1. The van der Waals surface area contributed by atoms with Gasteiger partial charge >= 0.3 is 5.97 Å². The summed E-state index contributed by atoms with van der Waals surface area (Å²) < 4.78 is 82.8. The molecule has 0 aliphatic rings. The van der Waals surface area contributed by atoms with Crippen molar-refractivity contribution in [2.75, 3.05) is 0 Å². The largest absolute Gasteiger partial charge is 0.480 e. The van der Waals surface area contributed by atoms with E-state index in [9.17, 15) is 35.9 Å². The van der Waals surface area contributed by atoms with E-state index in [-0.39, 0.29) is 9.77 Å². The van der Waals surface area contributed by atoms with Crippen LogP contribution in [0.5, 0.6) is 0 Å². The molecule has 12 heteroatoms. The Morgan fingerprint density at radius 1 is 1.00 bits per heavy atom. The second kappa shape index (κ2) is 9.53. The van der Waals surface area contributed by atoms with Crippen LogP contribution in [0.2, 0.25) is 0 Å². The number of aromatic nitrogens is 1. The fourth-order valence-corrected chi connectivity index (χ4v) is 5.66. The molecule has 0 saturated heterocycles. The minimum absolute atomic E-state index is 0.217. The number of carboxylic acids is 1. The van der Waals surface area contributed by atoms with Crippen LogP contribution in [-0.2, 0) is 21.2 Å². The molecule has 0 aliphatic carbocycles. The summed E-state index contributed by atoms with van der Waals surface area (Å²) in [6.07, 6.45) is 0.282. The van der Waals surface area contributed by atoms with Crippen LogP contribution < -0.4 is 4.72 Å². The van der Waals surface area contributed by atoms with Crippen LogP contribution >= 0.6 is 11.3 Å². The molecule has 0 radical (unpaired) electrons. The number of sulfonamides is 1. The fraction of sp³-hybridized carbons (Fsp3) is 0.0870. The number of halogens is 4. The van der Waals surface area contributed by atoms with Crippen molar-refractivity contribution in [3.63, 3.8) is 0 Å². The Bertz CT molecular complexity index is 1600. The zero-order valence-electron chi connectivity index (χ0n) is 17.4. The molecule has 0 fully saturated rings. The van der Waals surface area contributed by atoms with Crippen LogP contribution in [0.15, 0.2) is 52.9 Å². The standard InChI is InChI=1S/C23H14F4N2O4S2/c24-18-17-13(11-28-22(17)21(27)20(26)19(18)25)10-15(23(30)31)29-35(32,33)16-9-8-14(34-16)7-6-12-4-2-1-3-5-12/h1-5,8-9,11,15,28-29H,10H2,(H,30,31)/t15-/m1/s1. The molecule has 0 saturated carbocycles. The summed E-state index contributed by atoms with van der Waals surface area (Å²) in [6.45, 7) is 0. The van der Waals surface area contributed by atoms with Crippen LogP contribution in [0.3, 0.4) is 0 Å². The summed E-state index contributed by atoms with van der Waals surface area (Å²) in [5.41, 5.74) is -0.248. The van der Waals surface area contributed by atoms with Crippen molar-refractivity contribution in [3.8, 4) is 11.8 Å². The Morgan fingerprint density at radius 3 is 2.37 bits per heavy atom. The minimum Gasteiger partial charge on any atom is -0.480 e. The summed E-state index contributed by atoms with van der Waals surface area (Å²) in [7, 11) is -4.35. The zero-order chi connectivity index (χ0) is 25.3. The van der Waals surface area contributed by atoms with E-state index in [2.05, 4.69) is 16.8 Å². The third kappa shape index (κ3) is 4.93. The number of hydrogen-bond donors (Lipinski definition) is 3. The first-order valence-corrected chi connectivity index (χ1v) is 12.1. The van der Waals surface area contributed by atoms with Gasteiger partial charge in [0, 0.05) is 23.6 Å². The first-order chi connectivity index (χ1) is 16.6. The van der Waals surface area contributed by atoms with Crippen LogP contribution in [0.4, 0.5) is 17.6 Å². The van der Waals surface area contributed by atoms with Crippen LogP contribution in [-0.4, -0.2) is 30.5 Å². The molecule has 180 valence electrons. The Hall–Kier alpha value is -3.66. The fourth-order valence-electron chi connectivity index (χ4n) is 3.29. The number of hydrogen-bond acceptors (Lipinski definition) is 4. The summed E-state index contributed by atoms with van der Waals surface area (Å²) in [4.78, 5) is 14.4. The lowest BCUT2D eigenvalue weighted by molar-refractivity contribution is -0.138. The van der Waals surface area contributed by atoms with Gasteiger partial charge in [-0.25, -0.2) is 26.0 Å². The molecular weight excluding hydrogens is 508 g/mol. The second-order valence-corrected chi connectivity index (χ2v) is 10.3. The normalized spacial score (nSPS) is 12.3. The van der Waals surface area contributed by atoms with E-state index >= 15 is 0 Å². The Balaban J connectivity index is 1.60. The molecule has 0 aliphatic heterocycles. The molecular formula is C23H14F4N2O4S2. The molecule has 3 N–H and O–H groups in total. The summed E-state index contributed by atoms with van der Waals surface area (Å²) in [5, 5.41) is 8.83.